The number of nitrogens with two attached hydrogens (primary N) is 1. The van der Waals surface area contributed by atoms with Crippen LogP contribution in [0.15, 0.2) is 28.7 Å². The predicted octanol–water partition coefficient (Wildman–Crippen LogP) is 4.18. The number of halogens is 2. The number of primary amides is 1. The second-order valence-electron chi connectivity index (χ2n) is 4.08. The van der Waals surface area contributed by atoms with Crippen LogP contribution in [-0.4, -0.2) is 5.91 Å². The molecule has 1 amide bonds. The van der Waals surface area contributed by atoms with E-state index in [-0.39, 0.29) is 0 Å². The number of amides is 1. The molecule has 0 saturated heterocycles. The molecule has 1 aromatic carbocycles. The lowest BCUT2D eigenvalue weighted by Crippen LogP contribution is -2.11. The molecule has 0 spiro atoms. The molecule has 1 heterocycles. The van der Waals surface area contributed by atoms with E-state index < -0.39 is 5.91 Å². The van der Waals surface area contributed by atoms with E-state index in [9.17, 15) is 4.79 Å². The Morgan fingerprint density at radius 2 is 2.21 bits per heavy atom. The zero-order valence-corrected chi connectivity index (χ0v) is 13.3. The highest BCUT2D eigenvalue weighted by atomic mass is 79.9. The fourth-order valence-electron chi connectivity index (χ4n) is 1.68. The minimum absolute atomic E-state index is 0.413. The van der Waals surface area contributed by atoms with Crippen LogP contribution in [0.2, 0.25) is 4.34 Å². The number of thiophene rings is 1. The molecule has 0 aliphatic rings. The van der Waals surface area contributed by atoms with Crippen LogP contribution in [0.4, 0.5) is 5.69 Å². The van der Waals surface area contributed by atoms with Crippen LogP contribution in [0.25, 0.3) is 0 Å². The number of rotatable bonds is 4. The molecule has 6 heteroatoms. The predicted molar refractivity (Wildman–Crippen MR) is 84.1 cm³/mol. The third kappa shape index (κ3) is 3.49. The largest absolute Gasteiger partial charge is 0.380 e. The van der Waals surface area contributed by atoms with Gasteiger partial charge in [-0.15, -0.1) is 11.3 Å². The number of hydrogen-bond acceptors (Lipinski definition) is 3. The van der Waals surface area contributed by atoms with Crippen LogP contribution >= 0.6 is 38.9 Å². The number of carbonyl (C=O) groups excluding carboxylic acids is 1. The van der Waals surface area contributed by atoms with E-state index >= 15 is 0 Å². The van der Waals surface area contributed by atoms with Gasteiger partial charge in [0.05, 0.1) is 0 Å². The molecule has 100 valence electrons. The van der Waals surface area contributed by atoms with Gasteiger partial charge in [0.15, 0.2) is 0 Å². The van der Waals surface area contributed by atoms with Crippen molar-refractivity contribution in [1.82, 2.24) is 0 Å². The lowest BCUT2D eigenvalue weighted by molar-refractivity contribution is 0.1000. The summed E-state index contributed by atoms with van der Waals surface area (Å²) < 4.78 is 1.66. The van der Waals surface area contributed by atoms with Crippen molar-refractivity contribution < 1.29 is 4.79 Å². The average Bonchev–Trinajstić information content (AvgIpc) is 2.67. The maximum absolute atomic E-state index is 11.1. The summed E-state index contributed by atoms with van der Waals surface area (Å²) in [5.74, 6) is -0.413. The molecule has 0 unspecified atom stereocenters. The van der Waals surface area contributed by atoms with Gasteiger partial charge >= 0.3 is 0 Å². The Hall–Kier alpha value is -1.04. The first-order valence-electron chi connectivity index (χ1n) is 5.55. The third-order valence-corrected chi connectivity index (χ3v) is 5.13. The summed E-state index contributed by atoms with van der Waals surface area (Å²) in [6, 6.07) is 7.35. The van der Waals surface area contributed by atoms with Gasteiger partial charge in [-0.05, 0) is 52.7 Å². The van der Waals surface area contributed by atoms with Crippen LogP contribution < -0.4 is 11.1 Å². The molecule has 19 heavy (non-hydrogen) atoms. The van der Waals surface area contributed by atoms with Gasteiger partial charge in [0.25, 0.3) is 0 Å². The summed E-state index contributed by atoms with van der Waals surface area (Å²) in [6.07, 6.45) is 0. The maximum atomic E-state index is 11.1. The summed E-state index contributed by atoms with van der Waals surface area (Å²) in [6.45, 7) is 2.62. The third-order valence-electron chi connectivity index (χ3n) is 2.66. The normalized spacial score (nSPS) is 10.5. The Bertz CT molecular complexity index is 608. The first-order valence-corrected chi connectivity index (χ1v) is 7.54. The number of carbonyl (C=O) groups is 1. The summed E-state index contributed by atoms with van der Waals surface area (Å²) in [5, 5.41) is 3.31. The minimum atomic E-state index is -0.413. The van der Waals surface area contributed by atoms with Crippen LogP contribution in [-0.2, 0) is 6.54 Å². The summed E-state index contributed by atoms with van der Waals surface area (Å²) in [5.41, 5.74) is 7.72. The molecule has 0 aliphatic carbocycles. The van der Waals surface area contributed by atoms with Gasteiger partial charge in [-0.25, -0.2) is 0 Å². The number of aryl methyl sites for hydroxylation is 1. The monoisotopic (exact) mass is 358 g/mol. The highest BCUT2D eigenvalue weighted by Crippen LogP contribution is 2.32. The van der Waals surface area contributed by atoms with E-state index in [1.165, 1.54) is 11.3 Å². The van der Waals surface area contributed by atoms with Gasteiger partial charge in [0.1, 0.15) is 4.34 Å². The van der Waals surface area contributed by atoms with Crippen LogP contribution in [0, 0.1) is 6.92 Å². The Labute approximate surface area is 128 Å². The number of anilines is 1. The highest BCUT2D eigenvalue weighted by Gasteiger charge is 2.06. The summed E-state index contributed by atoms with van der Waals surface area (Å²) in [4.78, 5) is 12.2. The molecule has 0 bridgehead atoms. The Morgan fingerprint density at radius 1 is 1.47 bits per heavy atom. The minimum Gasteiger partial charge on any atom is -0.380 e. The average molecular weight is 360 g/mol. The van der Waals surface area contributed by atoms with Gasteiger partial charge in [0.2, 0.25) is 5.91 Å². The van der Waals surface area contributed by atoms with E-state index in [1.54, 1.807) is 12.1 Å². The quantitative estimate of drug-likeness (QED) is 0.860. The molecule has 2 aromatic rings. The molecule has 0 fully saturated rings. The molecule has 2 rings (SSSR count). The lowest BCUT2D eigenvalue weighted by Gasteiger charge is -2.09. The second kappa shape index (κ2) is 5.94. The van der Waals surface area contributed by atoms with E-state index in [2.05, 4.69) is 21.2 Å². The van der Waals surface area contributed by atoms with Crippen LogP contribution in [0.5, 0.6) is 0 Å². The van der Waals surface area contributed by atoms with E-state index in [1.807, 2.05) is 19.1 Å². The van der Waals surface area contributed by atoms with E-state index in [0.717, 1.165) is 24.9 Å². The first-order chi connectivity index (χ1) is 8.97. The fraction of sp³-hybridized carbons (Fsp3) is 0.154. The van der Waals surface area contributed by atoms with Gasteiger partial charge in [-0.2, -0.15) is 0 Å². The standard InChI is InChI=1S/C13H12BrClN2OS/c1-7-4-8(13(16)18)2-3-11(7)17-6-9-5-10(14)12(15)19-9/h2-5,17H,6H2,1H3,(H2,16,18). The van der Waals surface area contributed by atoms with Crippen molar-refractivity contribution >= 4 is 50.5 Å². The molecule has 3 nitrogen and oxygen atoms in total. The topological polar surface area (TPSA) is 55.1 Å². The molecule has 1 aromatic heterocycles. The van der Waals surface area contributed by atoms with Crippen LogP contribution in [0.3, 0.4) is 0 Å². The highest BCUT2D eigenvalue weighted by molar-refractivity contribution is 9.10. The molecular formula is C13H12BrClN2OS. The maximum Gasteiger partial charge on any atom is 0.248 e. The number of nitrogens with one attached hydrogen (secondary N) is 1. The van der Waals surface area contributed by atoms with Gasteiger partial charge in [0, 0.05) is 27.1 Å². The lowest BCUT2D eigenvalue weighted by atomic mass is 10.1. The van der Waals surface area contributed by atoms with Crippen molar-refractivity contribution in [3.05, 3.63) is 49.1 Å². The van der Waals surface area contributed by atoms with Gasteiger partial charge in [-0.1, -0.05) is 11.6 Å². The molecule has 0 radical (unpaired) electrons. The van der Waals surface area contributed by atoms with Gasteiger partial charge in [-0.3, -0.25) is 4.79 Å². The zero-order valence-electron chi connectivity index (χ0n) is 10.2. The van der Waals surface area contributed by atoms with Gasteiger partial charge < -0.3 is 11.1 Å². The van der Waals surface area contributed by atoms with Crippen molar-refractivity contribution in [3.63, 3.8) is 0 Å². The van der Waals surface area contributed by atoms with Crippen molar-refractivity contribution in [1.29, 1.82) is 0 Å². The van der Waals surface area contributed by atoms with Crippen molar-refractivity contribution in [2.24, 2.45) is 5.73 Å². The molecular weight excluding hydrogens is 348 g/mol. The Balaban J connectivity index is 2.09. The first kappa shape index (κ1) is 14.4. The number of benzene rings is 1. The molecule has 0 aliphatic heterocycles. The Morgan fingerprint density at radius 3 is 2.74 bits per heavy atom. The van der Waals surface area contributed by atoms with E-state index in [4.69, 9.17) is 17.3 Å². The Kier molecular flexibility index (Phi) is 4.50. The summed E-state index contributed by atoms with van der Waals surface area (Å²) >= 11 is 10.9. The number of hydrogen-bond donors (Lipinski definition) is 2. The van der Waals surface area contributed by atoms with E-state index in [0.29, 0.717) is 12.1 Å². The summed E-state index contributed by atoms with van der Waals surface area (Å²) in [7, 11) is 0. The molecule has 3 N–H and O–H groups in total. The smallest absolute Gasteiger partial charge is 0.248 e. The molecule has 0 saturated carbocycles. The molecule has 0 atom stereocenters. The van der Waals surface area contributed by atoms with Crippen LogP contribution in [0.1, 0.15) is 20.8 Å². The van der Waals surface area contributed by atoms with Crippen molar-refractivity contribution in [2.75, 3.05) is 5.32 Å². The SMILES string of the molecule is Cc1cc(C(N)=O)ccc1NCc1cc(Br)c(Cl)s1. The van der Waals surface area contributed by atoms with Crippen molar-refractivity contribution in [2.45, 2.75) is 13.5 Å². The second-order valence-corrected chi connectivity index (χ2v) is 6.68. The fourth-order valence-corrected chi connectivity index (χ4v) is 3.41. The van der Waals surface area contributed by atoms with Crippen molar-refractivity contribution in [3.8, 4) is 0 Å². The zero-order chi connectivity index (χ0) is 14.0.